The van der Waals surface area contributed by atoms with E-state index in [2.05, 4.69) is 25.1 Å². The van der Waals surface area contributed by atoms with Crippen LogP contribution >= 0.6 is 23.1 Å². The van der Waals surface area contributed by atoms with Gasteiger partial charge < -0.3 is 15.5 Å². The molecule has 116 valence electrons. The zero-order valence-corrected chi connectivity index (χ0v) is 13.4. The van der Waals surface area contributed by atoms with E-state index >= 15 is 0 Å². The minimum atomic E-state index is 0.104. The molecule has 0 aliphatic carbocycles. The van der Waals surface area contributed by atoms with Gasteiger partial charge in [-0.05, 0) is 6.07 Å². The normalized spacial score (nSPS) is 15.1. The Morgan fingerprint density at radius 3 is 2.59 bits per heavy atom. The third-order valence-electron chi connectivity index (χ3n) is 3.21. The summed E-state index contributed by atoms with van der Waals surface area (Å²) in [7, 11) is 0. The standard InChI is InChI=1S/C12H15N7OS2/c13-10-16-17-12(22-10)21-8-9(20)18-4-6-19(7-5-18)11-14-2-1-3-15-11/h1-3H,4-8H2,(H2,13,16). The number of anilines is 2. The van der Waals surface area contributed by atoms with Crippen LogP contribution in [-0.2, 0) is 4.79 Å². The van der Waals surface area contributed by atoms with Crippen molar-refractivity contribution in [2.45, 2.75) is 4.34 Å². The molecule has 2 aromatic heterocycles. The number of nitrogens with zero attached hydrogens (tertiary/aromatic N) is 6. The average Bonchev–Trinajstić information content (AvgIpc) is 2.99. The van der Waals surface area contributed by atoms with Crippen molar-refractivity contribution in [1.29, 1.82) is 0 Å². The molecule has 1 amide bonds. The summed E-state index contributed by atoms with van der Waals surface area (Å²) in [6.07, 6.45) is 3.45. The second-order valence-corrected chi connectivity index (χ2v) is 6.84. The van der Waals surface area contributed by atoms with Crippen molar-refractivity contribution < 1.29 is 4.79 Å². The lowest BCUT2D eigenvalue weighted by Gasteiger charge is -2.34. The van der Waals surface area contributed by atoms with Crippen molar-refractivity contribution in [1.82, 2.24) is 25.1 Å². The van der Waals surface area contributed by atoms with Gasteiger partial charge in [0.1, 0.15) is 0 Å². The number of hydrogen-bond donors (Lipinski definition) is 1. The predicted octanol–water partition coefficient (Wildman–Crippen LogP) is 0.351. The van der Waals surface area contributed by atoms with E-state index < -0.39 is 0 Å². The molecule has 0 aromatic carbocycles. The number of hydrogen-bond acceptors (Lipinski definition) is 9. The molecule has 0 unspecified atom stereocenters. The van der Waals surface area contributed by atoms with Crippen LogP contribution in [0.4, 0.5) is 11.1 Å². The Kier molecular flexibility index (Phi) is 4.68. The first kappa shape index (κ1) is 15.0. The van der Waals surface area contributed by atoms with E-state index in [1.54, 1.807) is 18.5 Å². The molecular weight excluding hydrogens is 322 g/mol. The van der Waals surface area contributed by atoms with Gasteiger partial charge in [0.2, 0.25) is 17.0 Å². The van der Waals surface area contributed by atoms with Crippen LogP contribution in [0.1, 0.15) is 0 Å². The van der Waals surface area contributed by atoms with E-state index in [1.807, 2.05) is 4.90 Å². The van der Waals surface area contributed by atoms with Gasteiger partial charge in [0.25, 0.3) is 0 Å². The summed E-state index contributed by atoms with van der Waals surface area (Å²) in [6, 6.07) is 1.79. The maximum Gasteiger partial charge on any atom is 0.233 e. The van der Waals surface area contributed by atoms with Crippen LogP contribution < -0.4 is 10.6 Å². The van der Waals surface area contributed by atoms with Crippen LogP contribution in [0.5, 0.6) is 0 Å². The van der Waals surface area contributed by atoms with Crippen molar-refractivity contribution in [3.63, 3.8) is 0 Å². The first-order chi connectivity index (χ1) is 10.7. The molecule has 1 saturated heterocycles. The van der Waals surface area contributed by atoms with Crippen LogP contribution in [0.25, 0.3) is 0 Å². The van der Waals surface area contributed by atoms with Crippen LogP contribution in [-0.4, -0.2) is 62.9 Å². The highest BCUT2D eigenvalue weighted by molar-refractivity contribution is 8.01. The quantitative estimate of drug-likeness (QED) is 0.798. The highest BCUT2D eigenvalue weighted by Gasteiger charge is 2.22. The molecule has 10 heteroatoms. The summed E-state index contributed by atoms with van der Waals surface area (Å²) in [5.74, 6) is 1.18. The Balaban J connectivity index is 1.47. The van der Waals surface area contributed by atoms with E-state index in [4.69, 9.17) is 5.73 Å². The molecule has 22 heavy (non-hydrogen) atoms. The lowest BCUT2D eigenvalue weighted by atomic mass is 10.3. The molecule has 3 rings (SSSR count). The molecule has 1 aliphatic heterocycles. The first-order valence-corrected chi connectivity index (χ1v) is 8.54. The van der Waals surface area contributed by atoms with Gasteiger partial charge in [0, 0.05) is 38.6 Å². The highest BCUT2D eigenvalue weighted by Crippen LogP contribution is 2.23. The smallest absolute Gasteiger partial charge is 0.233 e. The lowest BCUT2D eigenvalue weighted by Crippen LogP contribution is -2.49. The Morgan fingerprint density at radius 2 is 1.95 bits per heavy atom. The zero-order chi connectivity index (χ0) is 15.4. The molecule has 8 nitrogen and oxygen atoms in total. The molecule has 1 aliphatic rings. The minimum absolute atomic E-state index is 0.104. The molecule has 0 bridgehead atoms. The van der Waals surface area contributed by atoms with Crippen molar-refractivity contribution in [2.75, 3.05) is 42.6 Å². The Bertz CT molecular complexity index is 627. The molecule has 0 spiro atoms. The van der Waals surface area contributed by atoms with Crippen LogP contribution in [0.2, 0.25) is 0 Å². The Morgan fingerprint density at radius 1 is 1.23 bits per heavy atom. The Labute approximate surface area is 135 Å². The second-order valence-electron chi connectivity index (χ2n) is 4.61. The van der Waals surface area contributed by atoms with E-state index in [9.17, 15) is 4.79 Å². The molecule has 0 radical (unpaired) electrons. The minimum Gasteiger partial charge on any atom is -0.374 e. The summed E-state index contributed by atoms with van der Waals surface area (Å²) in [5.41, 5.74) is 5.52. The SMILES string of the molecule is Nc1nnc(SCC(=O)N2CCN(c3ncccn3)CC2)s1. The zero-order valence-electron chi connectivity index (χ0n) is 11.8. The largest absolute Gasteiger partial charge is 0.374 e. The monoisotopic (exact) mass is 337 g/mol. The van der Waals surface area contributed by atoms with Gasteiger partial charge in [0.15, 0.2) is 4.34 Å². The third-order valence-corrected chi connectivity index (χ3v) is 5.08. The highest BCUT2D eigenvalue weighted by atomic mass is 32.2. The lowest BCUT2D eigenvalue weighted by molar-refractivity contribution is -0.128. The first-order valence-electron chi connectivity index (χ1n) is 6.74. The maximum atomic E-state index is 12.2. The van der Waals surface area contributed by atoms with E-state index in [0.29, 0.717) is 29.9 Å². The maximum absolute atomic E-state index is 12.2. The van der Waals surface area contributed by atoms with Crippen LogP contribution in [0, 0.1) is 0 Å². The number of piperazine rings is 1. The topological polar surface area (TPSA) is 101 Å². The molecule has 0 saturated carbocycles. The fourth-order valence-corrected chi connectivity index (χ4v) is 3.64. The molecule has 2 aromatic rings. The van der Waals surface area contributed by atoms with Crippen molar-refractivity contribution in [3.8, 4) is 0 Å². The molecule has 3 heterocycles. The van der Waals surface area contributed by atoms with Gasteiger partial charge in [-0.25, -0.2) is 9.97 Å². The van der Waals surface area contributed by atoms with Crippen LogP contribution in [0.3, 0.4) is 0 Å². The molecule has 2 N–H and O–H groups in total. The summed E-state index contributed by atoms with van der Waals surface area (Å²) in [4.78, 5) is 24.6. The van der Waals surface area contributed by atoms with Gasteiger partial charge in [-0.15, -0.1) is 10.2 Å². The summed E-state index contributed by atoms with van der Waals surface area (Å²) < 4.78 is 0.724. The number of rotatable bonds is 4. The number of amides is 1. The van der Waals surface area contributed by atoms with Crippen molar-refractivity contribution in [2.24, 2.45) is 0 Å². The third kappa shape index (κ3) is 3.63. The average molecular weight is 337 g/mol. The van der Waals surface area contributed by atoms with Crippen LogP contribution in [0.15, 0.2) is 22.8 Å². The van der Waals surface area contributed by atoms with E-state index in [1.165, 1.54) is 23.1 Å². The number of carbonyl (C=O) groups is 1. The van der Waals surface area contributed by atoms with Crippen molar-refractivity contribution in [3.05, 3.63) is 18.5 Å². The van der Waals surface area contributed by atoms with E-state index in [-0.39, 0.29) is 5.91 Å². The number of nitrogens with two attached hydrogens (primary N) is 1. The Hall–Kier alpha value is -1.94. The summed E-state index contributed by atoms with van der Waals surface area (Å²) in [5, 5.41) is 8.05. The molecular formula is C12H15N7OS2. The number of thioether (sulfide) groups is 1. The number of carbonyl (C=O) groups excluding carboxylic acids is 1. The van der Waals surface area contributed by atoms with Gasteiger partial charge in [-0.3, -0.25) is 4.79 Å². The summed E-state index contributed by atoms with van der Waals surface area (Å²) >= 11 is 2.67. The van der Waals surface area contributed by atoms with Gasteiger partial charge in [-0.2, -0.15) is 0 Å². The van der Waals surface area contributed by atoms with Gasteiger partial charge in [-0.1, -0.05) is 23.1 Å². The molecule has 0 atom stereocenters. The predicted molar refractivity (Wildman–Crippen MR) is 85.9 cm³/mol. The van der Waals surface area contributed by atoms with Gasteiger partial charge >= 0.3 is 0 Å². The molecule has 1 fully saturated rings. The fourth-order valence-electron chi connectivity index (χ4n) is 2.10. The number of aromatic nitrogens is 4. The van der Waals surface area contributed by atoms with Gasteiger partial charge in [0.05, 0.1) is 5.75 Å². The fraction of sp³-hybridized carbons (Fsp3) is 0.417. The van der Waals surface area contributed by atoms with Crippen molar-refractivity contribution >= 4 is 40.1 Å². The van der Waals surface area contributed by atoms with E-state index in [0.717, 1.165) is 17.4 Å². The summed E-state index contributed by atoms with van der Waals surface area (Å²) in [6.45, 7) is 2.84. The number of nitrogen functional groups attached to an aromatic ring is 1. The second kappa shape index (κ2) is 6.88.